The largest absolute Gasteiger partial charge is 0.359 e. The number of carbonyl (C=O) groups excluding carboxylic acids is 1. The van der Waals surface area contributed by atoms with E-state index in [0.717, 1.165) is 0 Å². The molecule has 1 aromatic carbocycles. The van der Waals surface area contributed by atoms with Crippen LogP contribution in [0.1, 0.15) is 16.1 Å². The van der Waals surface area contributed by atoms with Gasteiger partial charge in [-0.05, 0) is 30.3 Å². The van der Waals surface area contributed by atoms with Gasteiger partial charge in [0.25, 0.3) is 0 Å². The molecule has 76 valence electrons. The van der Waals surface area contributed by atoms with Crippen LogP contribution in [0, 0.1) is 5.82 Å². The molecule has 1 heterocycles. The minimum absolute atomic E-state index is 0.0619. The van der Waals surface area contributed by atoms with Crippen molar-refractivity contribution in [2.75, 3.05) is 0 Å². The van der Waals surface area contributed by atoms with Crippen molar-refractivity contribution in [2.24, 2.45) is 0 Å². The molecule has 0 amide bonds. The number of aromatic nitrogens is 1. The van der Waals surface area contributed by atoms with E-state index < -0.39 is 5.82 Å². The number of carbonyl (C=O) groups is 1. The normalized spacial score (nSPS) is 10.3. The van der Waals surface area contributed by atoms with Gasteiger partial charge in [0.1, 0.15) is 5.82 Å². The fourth-order valence-corrected chi connectivity index (χ4v) is 1.65. The molecule has 0 saturated carbocycles. The van der Waals surface area contributed by atoms with E-state index in [9.17, 15) is 9.18 Å². The van der Waals surface area contributed by atoms with Crippen LogP contribution in [0.25, 0.3) is 0 Å². The number of nitrogens with one attached hydrogen (secondary N) is 1. The third-order valence-electron chi connectivity index (χ3n) is 2.02. The summed E-state index contributed by atoms with van der Waals surface area (Å²) in [5.41, 5.74) is 0.443. The number of ketones is 1. The van der Waals surface area contributed by atoms with Crippen LogP contribution in [0.4, 0.5) is 4.39 Å². The van der Waals surface area contributed by atoms with Gasteiger partial charge in [-0.15, -0.1) is 0 Å². The quantitative estimate of drug-likeness (QED) is 0.834. The van der Waals surface area contributed by atoms with E-state index in [4.69, 9.17) is 0 Å². The van der Waals surface area contributed by atoms with Crippen LogP contribution in [0.15, 0.2) is 41.0 Å². The number of hydrogen-bond acceptors (Lipinski definition) is 1. The number of rotatable bonds is 2. The van der Waals surface area contributed by atoms with Crippen molar-refractivity contribution >= 4 is 21.7 Å². The molecule has 1 aromatic heterocycles. The Labute approximate surface area is 94.3 Å². The molecular weight excluding hydrogens is 261 g/mol. The van der Waals surface area contributed by atoms with Crippen molar-refractivity contribution in [3.8, 4) is 0 Å². The molecule has 0 unspecified atom stereocenters. The third-order valence-corrected chi connectivity index (χ3v) is 2.51. The molecule has 0 fully saturated rings. The zero-order valence-corrected chi connectivity index (χ0v) is 9.21. The van der Waals surface area contributed by atoms with Gasteiger partial charge in [-0.3, -0.25) is 4.79 Å². The molecule has 0 aliphatic rings. The van der Waals surface area contributed by atoms with E-state index in [0.29, 0.717) is 10.2 Å². The molecule has 0 bridgehead atoms. The first-order valence-corrected chi connectivity index (χ1v) is 5.11. The lowest BCUT2D eigenvalue weighted by atomic mass is 10.1. The average Bonchev–Trinajstić information content (AvgIpc) is 2.74. The Hall–Kier alpha value is -1.42. The first kappa shape index (κ1) is 10.1. The van der Waals surface area contributed by atoms with Gasteiger partial charge in [0, 0.05) is 10.7 Å². The number of halogens is 2. The van der Waals surface area contributed by atoms with E-state index in [2.05, 4.69) is 20.9 Å². The molecule has 1 N–H and O–H groups in total. The predicted octanol–water partition coefficient (Wildman–Crippen LogP) is 3.15. The Bertz CT molecular complexity index is 493. The lowest BCUT2D eigenvalue weighted by molar-refractivity contribution is 0.103. The monoisotopic (exact) mass is 267 g/mol. The molecule has 0 saturated heterocycles. The number of aromatic amines is 1. The zero-order valence-electron chi connectivity index (χ0n) is 7.63. The molecule has 0 radical (unpaired) electrons. The summed E-state index contributed by atoms with van der Waals surface area (Å²) in [5.74, 6) is -0.864. The highest BCUT2D eigenvalue weighted by Crippen LogP contribution is 2.18. The summed E-state index contributed by atoms with van der Waals surface area (Å²) in [5, 5.41) is 0. The van der Waals surface area contributed by atoms with Crippen LogP contribution >= 0.6 is 15.9 Å². The van der Waals surface area contributed by atoms with E-state index in [1.165, 1.54) is 12.1 Å². The van der Waals surface area contributed by atoms with Gasteiger partial charge < -0.3 is 4.98 Å². The van der Waals surface area contributed by atoms with Crippen LogP contribution in [-0.4, -0.2) is 10.8 Å². The number of H-pyrrole nitrogens is 1. The fourth-order valence-electron chi connectivity index (χ4n) is 1.29. The van der Waals surface area contributed by atoms with Gasteiger partial charge in [-0.2, -0.15) is 0 Å². The van der Waals surface area contributed by atoms with Crippen molar-refractivity contribution in [3.05, 3.63) is 58.1 Å². The topological polar surface area (TPSA) is 32.9 Å². The Kier molecular flexibility index (Phi) is 2.68. The van der Waals surface area contributed by atoms with Crippen LogP contribution in [0.5, 0.6) is 0 Å². The van der Waals surface area contributed by atoms with Gasteiger partial charge in [0.05, 0.1) is 11.3 Å². The second-order valence-corrected chi connectivity index (χ2v) is 3.95. The Morgan fingerprint density at radius 2 is 2.13 bits per heavy atom. The third kappa shape index (κ3) is 1.99. The Morgan fingerprint density at radius 3 is 2.80 bits per heavy atom. The minimum Gasteiger partial charge on any atom is -0.359 e. The molecular formula is C11H7BrFNO. The summed E-state index contributed by atoms with van der Waals surface area (Å²) < 4.78 is 14.0. The van der Waals surface area contributed by atoms with Crippen molar-refractivity contribution in [3.63, 3.8) is 0 Å². The second kappa shape index (κ2) is 3.98. The van der Waals surface area contributed by atoms with Crippen LogP contribution < -0.4 is 0 Å². The van der Waals surface area contributed by atoms with Gasteiger partial charge in [-0.1, -0.05) is 15.9 Å². The van der Waals surface area contributed by atoms with E-state index in [1.54, 1.807) is 24.4 Å². The van der Waals surface area contributed by atoms with E-state index in [1.807, 2.05) is 0 Å². The summed E-state index contributed by atoms with van der Waals surface area (Å²) in [6.07, 6.45) is 1.63. The van der Waals surface area contributed by atoms with Crippen molar-refractivity contribution in [2.45, 2.75) is 0 Å². The molecule has 15 heavy (non-hydrogen) atoms. The van der Waals surface area contributed by atoms with E-state index >= 15 is 0 Å². The van der Waals surface area contributed by atoms with Crippen molar-refractivity contribution < 1.29 is 9.18 Å². The Morgan fingerprint density at radius 1 is 1.33 bits per heavy atom. The number of benzene rings is 1. The summed E-state index contributed by atoms with van der Waals surface area (Å²) in [7, 11) is 0. The molecule has 0 aliphatic heterocycles. The molecule has 0 spiro atoms. The summed E-state index contributed by atoms with van der Waals surface area (Å²) in [6.45, 7) is 0. The maximum absolute atomic E-state index is 13.4. The lowest BCUT2D eigenvalue weighted by Crippen LogP contribution is -2.04. The van der Waals surface area contributed by atoms with Crippen LogP contribution in [-0.2, 0) is 0 Å². The van der Waals surface area contributed by atoms with Crippen LogP contribution in [0.3, 0.4) is 0 Å². The lowest BCUT2D eigenvalue weighted by Gasteiger charge is -2.01. The summed E-state index contributed by atoms with van der Waals surface area (Å²) in [6, 6.07) is 7.60. The smallest absolute Gasteiger partial charge is 0.212 e. The first-order chi connectivity index (χ1) is 7.18. The molecule has 0 atom stereocenters. The molecule has 2 aromatic rings. The molecule has 4 heteroatoms. The standard InChI is InChI=1S/C11H7BrFNO/c12-7-3-4-9(13)8(6-7)11(15)10-2-1-5-14-10/h1-6,14H. The highest BCUT2D eigenvalue weighted by atomic mass is 79.9. The summed E-state index contributed by atoms with van der Waals surface area (Å²) in [4.78, 5) is 14.5. The van der Waals surface area contributed by atoms with Gasteiger partial charge in [0.2, 0.25) is 5.78 Å². The predicted molar refractivity (Wildman–Crippen MR) is 58.3 cm³/mol. The molecule has 0 aliphatic carbocycles. The fraction of sp³-hybridized carbons (Fsp3) is 0. The second-order valence-electron chi connectivity index (χ2n) is 3.04. The maximum Gasteiger partial charge on any atom is 0.212 e. The van der Waals surface area contributed by atoms with Crippen molar-refractivity contribution in [1.29, 1.82) is 0 Å². The average molecular weight is 268 g/mol. The Balaban J connectivity index is 2.46. The minimum atomic E-state index is -0.516. The molecule has 2 nitrogen and oxygen atoms in total. The van der Waals surface area contributed by atoms with Gasteiger partial charge in [0.15, 0.2) is 0 Å². The van der Waals surface area contributed by atoms with Gasteiger partial charge in [-0.25, -0.2) is 4.39 Å². The van der Waals surface area contributed by atoms with E-state index in [-0.39, 0.29) is 11.3 Å². The van der Waals surface area contributed by atoms with Gasteiger partial charge >= 0.3 is 0 Å². The first-order valence-electron chi connectivity index (χ1n) is 4.31. The SMILES string of the molecule is O=C(c1ccc[nH]1)c1cc(Br)ccc1F. The van der Waals surface area contributed by atoms with Crippen molar-refractivity contribution in [1.82, 2.24) is 4.98 Å². The summed E-state index contributed by atoms with van der Waals surface area (Å²) >= 11 is 3.20. The molecule has 2 rings (SSSR count). The number of hydrogen-bond donors (Lipinski definition) is 1. The zero-order chi connectivity index (χ0) is 10.8. The van der Waals surface area contributed by atoms with Crippen LogP contribution in [0.2, 0.25) is 0 Å². The highest BCUT2D eigenvalue weighted by Gasteiger charge is 2.14. The maximum atomic E-state index is 13.4. The highest BCUT2D eigenvalue weighted by molar-refractivity contribution is 9.10.